The summed E-state index contributed by atoms with van der Waals surface area (Å²) in [5.74, 6) is 0.489. The number of rotatable bonds is 5. The van der Waals surface area contributed by atoms with E-state index >= 15 is 0 Å². The molecule has 1 aliphatic heterocycles. The van der Waals surface area contributed by atoms with Crippen LogP contribution in [0.25, 0.3) is 0 Å². The predicted molar refractivity (Wildman–Crippen MR) is 70.1 cm³/mol. The highest BCUT2D eigenvalue weighted by atomic mass is 16.7. The molecule has 3 N–H and O–H groups in total. The van der Waals surface area contributed by atoms with Crippen LogP contribution in [0.2, 0.25) is 0 Å². The summed E-state index contributed by atoms with van der Waals surface area (Å²) in [7, 11) is 0. The van der Waals surface area contributed by atoms with Crippen molar-refractivity contribution in [3.63, 3.8) is 0 Å². The van der Waals surface area contributed by atoms with Gasteiger partial charge < -0.3 is 15.5 Å². The molecule has 1 fully saturated rings. The summed E-state index contributed by atoms with van der Waals surface area (Å²) >= 11 is 0. The maximum absolute atomic E-state index is 11.9. The highest BCUT2D eigenvalue weighted by molar-refractivity contribution is 5.73. The first kappa shape index (κ1) is 13.7. The van der Waals surface area contributed by atoms with Gasteiger partial charge in [0.25, 0.3) is 0 Å². The van der Waals surface area contributed by atoms with Crippen LogP contribution in [-0.4, -0.2) is 42.1 Å². The Morgan fingerprint density at radius 2 is 2.53 bits per heavy atom. The van der Waals surface area contributed by atoms with Crippen molar-refractivity contribution in [3.05, 3.63) is 18.6 Å². The Morgan fingerprint density at radius 3 is 3.26 bits per heavy atom. The lowest BCUT2D eigenvalue weighted by Crippen LogP contribution is -2.41. The normalized spacial score (nSPS) is 19.2. The number of hydrogen-bond donors (Lipinski definition) is 2. The summed E-state index contributed by atoms with van der Waals surface area (Å²) in [5.41, 5.74) is 7.88. The molecule has 1 saturated heterocycles. The lowest BCUT2D eigenvalue weighted by atomic mass is 9.98. The topological polar surface area (TPSA) is 93.4 Å². The van der Waals surface area contributed by atoms with Gasteiger partial charge in [-0.25, -0.2) is 14.8 Å². The molecule has 0 spiro atoms. The third kappa shape index (κ3) is 3.87. The second kappa shape index (κ2) is 7.01. The fraction of sp³-hybridized carbons (Fsp3) is 0.583. The quantitative estimate of drug-likeness (QED) is 0.557. The fourth-order valence-electron chi connectivity index (χ4n) is 2.11. The van der Waals surface area contributed by atoms with Gasteiger partial charge in [-0.05, 0) is 18.9 Å². The number of nitrogens with one attached hydrogen (secondary N) is 1. The van der Waals surface area contributed by atoms with Gasteiger partial charge in [0.2, 0.25) is 0 Å². The van der Waals surface area contributed by atoms with E-state index in [1.807, 2.05) is 6.07 Å². The molecule has 0 amide bonds. The lowest BCUT2D eigenvalue weighted by Gasteiger charge is -2.32. The van der Waals surface area contributed by atoms with E-state index in [9.17, 15) is 4.79 Å². The smallest absolute Gasteiger partial charge is 0.329 e. The summed E-state index contributed by atoms with van der Waals surface area (Å²) in [5, 5.41) is 0. The van der Waals surface area contributed by atoms with Gasteiger partial charge in [-0.3, -0.25) is 0 Å². The van der Waals surface area contributed by atoms with Crippen LogP contribution in [0.15, 0.2) is 18.6 Å². The fourth-order valence-corrected chi connectivity index (χ4v) is 2.11. The lowest BCUT2D eigenvalue weighted by molar-refractivity contribution is -0.156. The molecule has 2 heterocycles. The Balaban J connectivity index is 1.88. The molecule has 1 atom stereocenters. The van der Waals surface area contributed by atoms with Crippen molar-refractivity contribution in [1.29, 1.82) is 0 Å². The molecule has 1 aromatic heterocycles. The van der Waals surface area contributed by atoms with Gasteiger partial charge in [-0.1, -0.05) is 0 Å². The van der Waals surface area contributed by atoms with Gasteiger partial charge in [0, 0.05) is 32.4 Å². The molecule has 19 heavy (non-hydrogen) atoms. The van der Waals surface area contributed by atoms with Gasteiger partial charge >= 0.3 is 5.97 Å². The summed E-state index contributed by atoms with van der Waals surface area (Å²) < 4.78 is 0. The van der Waals surface area contributed by atoms with Crippen LogP contribution in [0.3, 0.4) is 0 Å². The van der Waals surface area contributed by atoms with Gasteiger partial charge in [-0.15, -0.1) is 0 Å². The number of nitrogens with zero attached hydrogens (tertiary/aromatic N) is 3. The second-order valence-electron chi connectivity index (χ2n) is 4.46. The molecule has 1 unspecified atom stereocenters. The highest BCUT2D eigenvalue weighted by Crippen LogP contribution is 2.21. The minimum Gasteiger partial charge on any atom is -0.370 e. The molecular formula is C12H19N5O2. The van der Waals surface area contributed by atoms with E-state index in [2.05, 4.69) is 20.3 Å². The Hall–Kier alpha value is -1.73. The molecule has 1 aliphatic rings. The van der Waals surface area contributed by atoms with Gasteiger partial charge in [0.1, 0.15) is 12.1 Å². The molecule has 0 aliphatic carbocycles. The van der Waals surface area contributed by atoms with Gasteiger partial charge in [0.05, 0.1) is 5.92 Å². The zero-order valence-corrected chi connectivity index (χ0v) is 10.8. The zero-order valence-electron chi connectivity index (χ0n) is 10.8. The Bertz CT molecular complexity index is 400. The van der Waals surface area contributed by atoms with Crippen LogP contribution in [0, 0.1) is 5.92 Å². The second-order valence-corrected chi connectivity index (χ2v) is 4.46. The van der Waals surface area contributed by atoms with Crippen molar-refractivity contribution < 1.29 is 9.63 Å². The van der Waals surface area contributed by atoms with Crippen molar-refractivity contribution in [2.24, 2.45) is 11.7 Å². The number of hydrogen-bond acceptors (Lipinski definition) is 7. The molecule has 1 aromatic rings. The number of piperidine rings is 1. The summed E-state index contributed by atoms with van der Waals surface area (Å²) in [6, 6.07) is 1.85. The third-order valence-electron chi connectivity index (χ3n) is 3.06. The molecule has 0 radical (unpaired) electrons. The highest BCUT2D eigenvalue weighted by Gasteiger charge is 2.27. The van der Waals surface area contributed by atoms with E-state index in [0.29, 0.717) is 19.6 Å². The van der Waals surface area contributed by atoms with Crippen LogP contribution in [0.1, 0.15) is 12.8 Å². The minimum absolute atomic E-state index is 0.131. The molecule has 0 saturated carbocycles. The maximum Gasteiger partial charge on any atom is 0.329 e. The van der Waals surface area contributed by atoms with E-state index < -0.39 is 0 Å². The molecule has 7 heteroatoms. The van der Waals surface area contributed by atoms with E-state index in [4.69, 9.17) is 10.6 Å². The van der Waals surface area contributed by atoms with Crippen molar-refractivity contribution in [1.82, 2.24) is 15.4 Å². The van der Waals surface area contributed by atoms with Gasteiger partial charge in [-0.2, -0.15) is 5.48 Å². The number of carbonyl (C=O) groups is 1. The van der Waals surface area contributed by atoms with Crippen LogP contribution < -0.4 is 16.1 Å². The average Bonchev–Trinajstić information content (AvgIpc) is 2.48. The first-order valence-corrected chi connectivity index (χ1v) is 6.46. The molecule has 2 rings (SSSR count). The third-order valence-corrected chi connectivity index (χ3v) is 3.06. The van der Waals surface area contributed by atoms with E-state index in [-0.39, 0.29) is 11.9 Å². The summed E-state index contributed by atoms with van der Waals surface area (Å²) in [6.07, 6.45) is 5.00. The molecule has 104 valence electrons. The van der Waals surface area contributed by atoms with Crippen LogP contribution >= 0.6 is 0 Å². The van der Waals surface area contributed by atoms with E-state index in [0.717, 1.165) is 25.2 Å². The molecule has 0 bridgehead atoms. The van der Waals surface area contributed by atoms with Crippen LogP contribution in [0.4, 0.5) is 5.82 Å². The number of anilines is 1. The Kier molecular flexibility index (Phi) is 5.05. The minimum atomic E-state index is -0.229. The Morgan fingerprint density at radius 1 is 1.63 bits per heavy atom. The molecule has 0 aromatic carbocycles. The number of aromatic nitrogens is 2. The number of hydroxylamine groups is 1. The summed E-state index contributed by atoms with van der Waals surface area (Å²) in [4.78, 5) is 27.0. The van der Waals surface area contributed by atoms with Crippen molar-refractivity contribution in [2.75, 3.05) is 31.1 Å². The Labute approximate surface area is 112 Å². The molecular weight excluding hydrogens is 246 g/mol. The predicted octanol–water partition coefficient (Wildman–Crippen LogP) is -0.300. The van der Waals surface area contributed by atoms with Crippen LogP contribution in [-0.2, 0) is 9.63 Å². The first-order chi connectivity index (χ1) is 9.31. The van der Waals surface area contributed by atoms with Crippen molar-refractivity contribution >= 4 is 11.8 Å². The van der Waals surface area contributed by atoms with E-state index in [1.165, 1.54) is 6.33 Å². The van der Waals surface area contributed by atoms with Crippen molar-refractivity contribution in [2.45, 2.75) is 12.8 Å². The van der Waals surface area contributed by atoms with E-state index in [1.54, 1.807) is 6.20 Å². The summed E-state index contributed by atoms with van der Waals surface area (Å²) in [6.45, 7) is 2.43. The number of nitrogens with two attached hydrogens (primary N) is 1. The monoisotopic (exact) mass is 265 g/mol. The largest absolute Gasteiger partial charge is 0.370 e. The number of carbonyl (C=O) groups excluding carboxylic acids is 1. The first-order valence-electron chi connectivity index (χ1n) is 6.46. The average molecular weight is 265 g/mol. The molecule has 7 nitrogen and oxygen atoms in total. The zero-order chi connectivity index (χ0) is 13.5. The maximum atomic E-state index is 11.9. The van der Waals surface area contributed by atoms with Gasteiger partial charge in [0.15, 0.2) is 0 Å². The van der Waals surface area contributed by atoms with Crippen molar-refractivity contribution in [3.8, 4) is 0 Å². The van der Waals surface area contributed by atoms with Crippen LogP contribution in [0.5, 0.6) is 0 Å². The standard InChI is InChI=1S/C12H19N5O2/c13-4-6-16-19-12(18)10-2-1-7-17(8-10)11-3-5-14-9-15-11/h3,5,9-10,16H,1-2,4,6-8,13H2. The SMILES string of the molecule is NCCNOC(=O)C1CCCN(c2ccncn2)C1.